The molecule has 0 radical (unpaired) electrons. The Morgan fingerprint density at radius 1 is 0.926 bits per heavy atom. The molecule has 1 unspecified atom stereocenters. The lowest BCUT2D eigenvalue weighted by atomic mass is 9.93. The summed E-state index contributed by atoms with van der Waals surface area (Å²) in [5, 5.41) is 12.0. The van der Waals surface area contributed by atoms with Gasteiger partial charge in [0, 0.05) is 5.56 Å². The van der Waals surface area contributed by atoms with Gasteiger partial charge in [-0.15, -0.1) is 13.2 Å². The molecule has 10 heteroatoms. The molecule has 27 heavy (non-hydrogen) atoms. The van der Waals surface area contributed by atoms with Crippen LogP contribution >= 0.6 is 0 Å². The van der Waals surface area contributed by atoms with Gasteiger partial charge in [-0.25, -0.2) is 0 Å². The number of carbonyl (C=O) groups is 1. The van der Waals surface area contributed by atoms with Crippen LogP contribution in [0.2, 0.25) is 0 Å². The van der Waals surface area contributed by atoms with E-state index in [9.17, 15) is 36.2 Å². The van der Waals surface area contributed by atoms with Gasteiger partial charge in [-0.2, -0.15) is 13.2 Å². The summed E-state index contributed by atoms with van der Waals surface area (Å²) in [6.07, 6.45) is -9.99. The normalized spacial score (nSPS) is 14.3. The van der Waals surface area contributed by atoms with Crippen molar-refractivity contribution in [1.82, 2.24) is 5.32 Å². The van der Waals surface area contributed by atoms with Crippen molar-refractivity contribution in [1.29, 1.82) is 0 Å². The fourth-order valence-electron chi connectivity index (χ4n) is 2.20. The van der Waals surface area contributed by atoms with E-state index in [1.165, 1.54) is 18.2 Å². The molecule has 4 nitrogen and oxygen atoms in total. The zero-order valence-corrected chi connectivity index (χ0v) is 13.4. The Morgan fingerprint density at radius 2 is 1.48 bits per heavy atom. The molecule has 0 spiro atoms. The van der Waals surface area contributed by atoms with Gasteiger partial charge in [-0.1, -0.05) is 30.3 Å². The molecular weight excluding hydrogens is 380 g/mol. The highest BCUT2D eigenvalue weighted by Crippen LogP contribution is 2.38. The number of hydrogen-bond acceptors (Lipinski definition) is 3. The van der Waals surface area contributed by atoms with Gasteiger partial charge in [0.05, 0.1) is 6.54 Å². The Morgan fingerprint density at radius 3 is 1.96 bits per heavy atom. The second kappa shape index (κ2) is 7.47. The highest BCUT2D eigenvalue weighted by Gasteiger charge is 2.55. The molecule has 146 valence electrons. The molecule has 0 bridgehead atoms. The lowest BCUT2D eigenvalue weighted by Crippen LogP contribution is -2.51. The van der Waals surface area contributed by atoms with Crippen molar-refractivity contribution in [3.05, 3.63) is 65.7 Å². The molecular formula is C17H13F6NO3. The molecule has 0 aliphatic heterocycles. The average molecular weight is 393 g/mol. The second-order valence-electron chi connectivity index (χ2n) is 5.48. The Labute approximate surface area is 149 Å². The van der Waals surface area contributed by atoms with Gasteiger partial charge in [-0.05, 0) is 29.8 Å². The first-order valence-electron chi connectivity index (χ1n) is 7.41. The van der Waals surface area contributed by atoms with Gasteiger partial charge in [0.25, 0.3) is 5.91 Å². The maximum absolute atomic E-state index is 13.3. The quantitative estimate of drug-likeness (QED) is 0.761. The van der Waals surface area contributed by atoms with E-state index in [0.717, 1.165) is 36.4 Å². The van der Waals surface area contributed by atoms with Crippen LogP contribution in [0, 0.1) is 0 Å². The Kier molecular flexibility index (Phi) is 5.69. The van der Waals surface area contributed by atoms with E-state index in [1.54, 1.807) is 0 Å². The maximum Gasteiger partial charge on any atom is 0.573 e. The van der Waals surface area contributed by atoms with E-state index in [0.29, 0.717) is 0 Å². The second-order valence-corrected chi connectivity index (χ2v) is 5.48. The summed E-state index contributed by atoms with van der Waals surface area (Å²) in [5.74, 6) is -1.60. The Bertz CT molecular complexity index is 774. The first-order valence-corrected chi connectivity index (χ1v) is 7.41. The SMILES string of the molecule is O=C(NCC(O)(c1ccccc1)C(F)(F)F)c1ccc(OC(F)(F)F)cc1. The molecule has 2 aromatic rings. The zero-order chi connectivity index (χ0) is 20.3. The summed E-state index contributed by atoms with van der Waals surface area (Å²) in [6, 6.07) is 9.76. The molecule has 2 aromatic carbocycles. The van der Waals surface area contributed by atoms with E-state index >= 15 is 0 Å². The summed E-state index contributed by atoms with van der Waals surface area (Å²) >= 11 is 0. The number of rotatable bonds is 5. The first kappa shape index (κ1) is 20.6. The highest BCUT2D eigenvalue weighted by atomic mass is 19.4. The van der Waals surface area contributed by atoms with Crippen LogP contribution in [0.15, 0.2) is 54.6 Å². The van der Waals surface area contributed by atoms with Crippen LogP contribution in [0.4, 0.5) is 26.3 Å². The zero-order valence-electron chi connectivity index (χ0n) is 13.4. The lowest BCUT2D eigenvalue weighted by Gasteiger charge is -2.31. The predicted octanol–water partition coefficient (Wildman–Crippen LogP) is 3.77. The minimum atomic E-state index is -5.08. The van der Waals surface area contributed by atoms with E-state index < -0.39 is 41.9 Å². The third-order valence-electron chi connectivity index (χ3n) is 3.58. The summed E-state index contributed by atoms with van der Waals surface area (Å²) in [6.45, 7) is -1.18. The van der Waals surface area contributed by atoms with Crippen molar-refractivity contribution in [3.8, 4) is 5.75 Å². The molecule has 0 saturated carbocycles. The standard InChI is InChI=1S/C17H13F6NO3/c18-16(19,20)15(26,12-4-2-1-3-5-12)10-24-14(25)11-6-8-13(9-7-11)27-17(21,22)23/h1-9,26H,10H2,(H,24,25). The van der Waals surface area contributed by atoms with Gasteiger partial charge in [0.15, 0.2) is 0 Å². The molecule has 2 N–H and O–H groups in total. The number of amides is 1. The smallest absolute Gasteiger partial charge is 0.406 e. The number of benzene rings is 2. The van der Waals surface area contributed by atoms with Crippen molar-refractivity contribution >= 4 is 5.91 Å². The lowest BCUT2D eigenvalue weighted by molar-refractivity contribution is -0.274. The third kappa shape index (κ3) is 5.13. The predicted molar refractivity (Wildman–Crippen MR) is 81.9 cm³/mol. The maximum atomic E-state index is 13.3. The molecule has 0 saturated heterocycles. The minimum Gasteiger partial charge on any atom is -0.406 e. The van der Waals surface area contributed by atoms with E-state index in [2.05, 4.69) is 4.74 Å². The van der Waals surface area contributed by atoms with Gasteiger partial charge in [0.2, 0.25) is 5.60 Å². The monoisotopic (exact) mass is 393 g/mol. The van der Waals surface area contributed by atoms with Gasteiger partial charge in [0.1, 0.15) is 5.75 Å². The Hall–Kier alpha value is -2.75. The molecule has 0 heterocycles. The van der Waals surface area contributed by atoms with Crippen LogP contribution in [0.25, 0.3) is 0 Å². The molecule has 1 amide bonds. The average Bonchev–Trinajstić information content (AvgIpc) is 2.58. The summed E-state index contributed by atoms with van der Waals surface area (Å²) < 4.78 is 79.9. The van der Waals surface area contributed by atoms with Gasteiger partial charge < -0.3 is 15.2 Å². The van der Waals surface area contributed by atoms with Crippen LogP contribution in [0.5, 0.6) is 5.75 Å². The molecule has 0 aromatic heterocycles. The van der Waals surface area contributed by atoms with Crippen LogP contribution < -0.4 is 10.1 Å². The van der Waals surface area contributed by atoms with Gasteiger partial charge >= 0.3 is 12.5 Å². The summed E-state index contributed by atoms with van der Waals surface area (Å²) in [4.78, 5) is 12.0. The number of halogens is 6. The topological polar surface area (TPSA) is 58.6 Å². The van der Waals surface area contributed by atoms with Crippen molar-refractivity contribution in [3.63, 3.8) is 0 Å². The molecule has 0 aliphatic rings. The number of carbonyl (C=O) groups excluding carboxylic acids is 1. The van der Waals surface area contributed by atoms with Crippen LogP contribution in [-0.2, 0) is 5.60 Å². The molecule has 2 rings (SSSR count). The summed E-state index contributed by atoms with van der Waals surface area (Å²) in [7, 11) is 0. The van der Waals surface area contributed by atoms with E-state index in [4.69, 9.17) is 0 Å². The molecule has 0 fully saturated rings. The van der Waals surface area contributed by atoms with Crippen molar-refractivity contribution in [2.45, 2.75) is 18.1 Å². The highest BCUT2D eigenvalue weighted by molar-refractivity contribution is 5.94. The number of alkyl halides is 6. The van der Waals surface area contributed by atoms with Crippen LogP contribution in [0.3, 0.4) is 0 Å². The van der Waals surface area contributed by atoms with Crippen LogP contribution in [0.1, 0.15) is 15.9 Å². The number of hydrogen-bond donors (Lipinski definition) is 2. The van der Waals surface area contributed by atoms with E-state index in [1.807, 2.05) is 5.32 Å². The summed E-state index contributed by atoms with van der Waals surface area (Å²) in [5.41, 5.74) is -4.00. The van der Waals surface area contributed by atoms with Crippen molar-refractivity contribution in [2.75, 3.05) is 6.54 Å². The largest absolute Gasteiger partial charge is 0.573 e. The first-order chi connectivity index (χ1) is 12.4. The van der Waals surface area contributed by atoms with E-state index in [-0.39, 0.29) is 5.56 Å². The third-order valence-corrected chi connectivity index (χ3v) is 3.58. The molecule has 1 atom stereocenters. The Balaban J connectivity index is 2.12. The minimum absolute atomic E-state index is 0.206. The number of ether oxygens (including phenoxy) is 1. The fraction of sp³-hybridized carbons (Fsp3) is 0.235. The van der Waals surface area contributed by atoms with Crippen molar-refractivity contribution < 1.29 is 41.0 Å². The van der Waals surface area contributed by atoms with Gasteiger partial charge in [-0.3, -0.25) is 4.79 Å². The number of aliphatic hydroxyl groups is 1. The van der Waals surface area contributed by atoms with Crippen LogP contribution in [-0.4, -0.2) is 30.1 Å². The van der Waals surface area contributed by atoms with Crippen molar-refractivity contribution in [2.24, 2.45) is 0 Å². The molecule has 0 aliphatic carbocycles. The number of nitrogens with one attached hydrogen (secondary N) is 1. The fourth-order valence-corrected chi connectivity index (χ4v) is 2.20.